The molecule has 0 unspecified atom stereocenters. The number of nitrogens with zero attached hydrogens (tertiary/aromatic N) is 3. The smallest absolute Gasteiger partial charge is 0.313 e. The molecule has 0 saturated heterocycles. The van der Waals surface area contributed by atoms with Gasteiger partial charge < -0.3 is 9.67 Å². The van der Waals surface area contributed by atoms with Crippen LogP contribution in [0.3, 0.4) is 0 Å². The van der Waals surface area contributed by atoms with Gasteiger partial charge in [0.05, 0.1) is 15.8 Å². The molecule has 0 aliphatic heterocycles. The topological polar surface area (TPSA) is 68.0 Å². The maximum atomic E-state index is 10.7. The Bertz CT molecular complexity index is 661. The second-order valence-corrected chi connectivity index (χ2v) is 6.03. The van der Waals surface area contributed by atoms with Crippen LogP contribution in [-0.4, -0.2) is 31.6 Å². The summed E-state index contributed by atoms with van der Waals surface area (Å²) in [4.78, 5) is 10.7. The van der Waals surface area contributed by atoms with Crippen LogP contribution in [0.5, 0.6) is 0 Å². The van der Waals surface area contributed by atoms with Gasteiger partial charge in [0.15, 0.2) is 11.0 Å². The summed E-state index contributed by atoms with van der Waals surface area (Å²) in [5.41, 5.74) is 0.799. The number of rotatable bonds is 6. The average molecular weight is 346 g/mol. The number of benzene rings is 1. The molecule has 0 radical (unpaired) electrons. The lowest BCUT2D eigenvalue weighted by Gasteiger charge is -2.08. The molecule has 0 amide bonds. The van der Waals surface area contributed by atoms with Crippen LogP contribution in [0, 0.1) is 0 Å². The molecule has 21 heavy (non-hydrogen) atoms. The molecule has 2 aromatic rings. The monoisotopic (exact) mass is 345 g/mol. The van der Waals surface area contributed by atoms with E-state index in [1.807, 2.05) is 17.6 Å². The van der Waals surface area contributed by atoms with Crippen LogP contribution < -0.4 is 0 Å². The normalized spacial score (nSPS) is 10.8. The van der Waals surface area contributed by atoms with E-state index in [0.717, 1.165) is 23.7 Å². The van der Waals surface area contributed by atoms with Gasteiger partial charge in [0.1, 0.15) is 0 Å². The van der Waals surface area contributed by atoms with Crippen molar-refractivity contribution in [1.29, 1.82) is 0 Å². The van der Waals surface area contributed by atoms with Gasteiger partial charge in [-0.1, -0.05) is 41.9 Å². The first kappa shape index (κ1) is 16.1. The number of aromatic nitrogens is 3. The molecular formula is C13H13Cl2N3O2S. The van der Waals surface area contributed by atoms with Crippen LogP contribution in [-0.2, 0) is 11.3 Å². The molecule has 5 nitrogen and oxygen atoms in total. The molecule has 2 rings (SSSR count). The largest absolute Gasteiger partial charge is 0.481 e. The molecule has 1 aromatic heterocycles. The van der Waals surface area contributed by atoms with Crippen molar-refractivity contribution < 1.29 is 9.90 Å². The number of carboxylic acids is 1. The number of aliphatic carboxylic acids is 1. The molecule has 8 heteroatoms. The summed E-state index contributed by atoms with van der Waals surface area (Å²) in [6.45, 7) is 2.73. The highest BCUT2D eigenvalue weighted by atomic mass is 35.5. The second-order valence-electron chi connectivity index (χ2n) is 4.27. The van der Waals surface area contributed by atoms with Crippen molar-refractivity contribution in [2.45, 2.75) is 25.0 Å². The van der Waals surface area contributed by atoms with Crippen LogP contribution in [0.1, 0.15) is 13.3 Å². The Kier molecular flexibility index (Phi) is 5.50. The van der Waals surface area contributed by atoms with Gasteiger partial charge in [-0.15, -0.1) is 10.2 Å². The highest BCUT2D eigenvalue weighted by Crippen LogP contribution is 2.29. The molecule has 0 aliphatic carbocycles. The fourth-order valence-corrected chi connectivity index (χ4v) is 2.78. The van der Waals surface area contributed by atoms with Crippen LogP contribution in [0.2, 0.25) is 10.0 Å². The van der Waals surface area contributed by atoms with Crippen molar-refractivity contribution in [3.05, 3.63) is 28.2 Å². The predicted octanol–water partition coefficient (Wildman–Crippen LogP) is 3.84. The first-order valence-corrected chi connectivity index (χ1v) is 8.00. The van der Waals surface area contributed by atoms with Gasteiger partial charge >= 0.3 is 5.97 Å². The molecule has 112 valence electrons. The van der Waals surface area contributed by atoms with Crippen molar-refractivity contribution in [3.8, 4) is 11.4 Å². The van der Waals surface area contributed by atoms with E-state index >= 15 is 0 Å². The molecule has 1 N–H and O–H groups in total. The summed E-state index contributed by atoms with van der Waals surface area (Å²) in [7, 11) is 0. The van der Waals surface area contributed by atoms with Crippen molar-refractivity contribution in [1.82, 2.24) is 14.8 Å². The van der Waals surface area contributed by atoms with Gasteiger partial charge in [0, 0.05) is 12.1 Å². The van der Waals surface area contributed by atoms with Gasteiger partial charge in [0.25, 0.3) is 0 Å². The van der Waals surface area contributed by atoms with Gasteiger partial charge in [-0.25, -0.2) is 0 Å². The first-order valence-electron chi connectivity index (χ1n) is 6.26. The SMILES string of the molecule is CCCn1c(SCC(=O)O)nnc1-c1ccc(Cl)c(Cl)c1. The number of carboxylic acid groups (broad SMARTS) is 1. The van der Waals surface area contributed by atoms with E-state index in [9.17, 15) is 4.79 Å². The fraction of sp³-hybridized carbons (Fsp3) is 0.308. The zero-order valence-corrected chi connectivity index (χ0v) is 13.5. The third-order valence-corrected chi connectivity index (χ3v) is 4.36. The molecule has 0 saturated carbocycles. The Morgan fingerprint density at radius 3 is 2.71 bits per heavy atom. The maximum absolute atomic E-state index is 10.7. The lowest BCUT2D eigenvalue weighted by atomic mass is 10.2. The standard InChI is InChI=1S/C13H13Cl2N3O2S/c1-2-5-18-12(8-3-4-9(14)10(15)6-8)16-17-13(18)21-7-11(19)20/h3-4,6H,2,5,7H2,1H3,(H,19,20). The van der Waals surface area contributed by atoms with E-state index in [-0.39, 0.29) is 5.75 Å². The van der Waals surface area contributed by atoms with Crippen LogP contribution in [0.15, 0.2) is 23.4 Å². The Morgan fingerprint density at radius 1 is 1.33 bits per heavy atom. The van der Waals surface area contributed by atoms with E-state index < -0.39 is 5.97 Å². The van der Waals surface area contributed by atoms with E-state index in [0.29, 0.717) is 27.6 Å². The molecule has 0 bridgehead atoms. The minimum atomic E-state index is -0.887. The van der Waals surface area contributed by atoms with Gasteiger partial charge in [-0.05, 0) is 24.6 Å². The van der Waals surface area contributed by atoms with Gasteiger partial charge in [-0.3, -0.25) is 4.79 Å². The third-order valence-electron chi connectivity index (χ3n) is 2.67. The summed E-state index contributed by atoms with van der Waals surface area (Å²) < 4.78 is 1.90. The quantitative estimate of drug-likeness (QED) is 0.805. The van der Waals surface area contributed by atoms with E-state index in [1.54, 1.807) is 12.1 Å². The molecule has 0 spiro atoms. The zero-order valence-electron chi connectivity index (χ0n) is 11.2. The Hall–Kier alpha value is -1.24. The second kappa shape index (κ2) is 7.15. The number of thioether (sulfide) groups is 1. The number of carbonyl (C=O) groups is 1. The van der Waals surface area contributed by atoms with Crippen molar-refractivity contribution in [2.24, 2.45) is 0 Å². The van der Waals surface area contributed by atoms with Crippen molar-refractivity contribution in [3.63, 3.8) is 0 Å². The summed E-state index contributed by atoms with van der Waals surface area (Å²) in [6, 6.07) is 5.25. The summed E-state index contributed by atoms with van der Waals surface area (Å²) in [6.07, 6.45) is 0.882. The van der Waals surface area contributed by atoms with Gasteiger partial charge in [-0.2, -0.15) is 0 Å². The predicted molar refractivity (Wildman–Crippen MR) is 84.1 cm³/mol. The summed E-state index contributed by atoms with van der Waals surface area (Å²) in [5.74, 6) is -0.283. The average Bonchev–Trinajstić information content (AvgIpc) is 2.83. The lowest BCUT2D eigenvalue weighted by molar-refractivity contribution is -0.133. The van der Waals surface area contributed by atoms with Crippen LogP contribution in [0.4, 0.5) is 0 Å². The Morgan fingerprint density at radius 2 is 2.10 bits per heavy atom. The zero-order chi connectivity index (χ0) is 15.4. The molecule has 1 aromatic carbocycles. The number of hydrogen-bond acceptors (Lipinski definition) is 4. The molecular weight excluding hydrogens is 333 g/mol. The Labute approximate surface area is 136 Å². The highest BCUT2D eigenvalue weighted by Gasteiger charge is 2.15. The first-order chi connectivity index (χ1) is 10.0. The highest BCUT2D eigenvalue weighted by molar-refractivity contribution is 7.99. The molecule has 0 atom stereocenters. The minimum absolute atomic E-state index is 0.0524. The molecule has 0 fully saturated rings. The van der Waals surface area contributed by atoms with E-state index in [2.05, 4.69) is 10.2 Å². The summed E-state index contributed by atoms with van der Waals surface area (Å²) >= 11 is 13.1. The summed E-state index contributed by atoms with van der Waals surface area (Å²) in [5, 5.41) is 18.5. The van der Waals surface area contributed by atoms with E-state index in [4.69, 9.17) is 28.3 Å². The lowest BCUT2D eigenvalue weighted by Crippen LogP contribution is -2.04. The fourth-order valence-electron chi connectivity index (χ4n) is 1.80. The Balaban J connectivity index is 2.38. The van der Waals surface area contributed by atoms with Crippen molar-refractivity contribution >= 4 is 40.9 Å². The number of halogens is 2. The van der Waals surface area contributed by atoms with Gasteiger partial charge in [0.2, 0.25) is 0 Å². The minimum Gasteiger partial charge on any atom is -0.481 e. The van der Waals surface area contributed by atoms with E-state index in [1.165, 1.54) is 0 Å². The molecule has 1 heterocycles. The van der Waals surface area contributed by atoms with Crippen molar-refractivity contribution in [2.75, 3.05) is 5.75 Å². The van der Waals surface area contributed by atoms with Crippen LogP contribution >= 0.6 is 35.0 Å². The van der Waals surface area contributed by atoms with Crippen LogP contribution in [0.25, 0.3) is 11.4 Å². The third kappa shape index (κ3) is 3.90. The molecule has 0 aliphatic rings. The maximum Gasteiger partial charge on any atom is 0.313 e. The number of hydrogen-bond donors (Lipinski definition) is 1.